The van der Waals surface area contributed by atoms with E-state index < -0.39 is 0 Å². The first-order valence-corrected chi connectivity index (χ1v) is 5.22. The highest BCUT2D eigenvalue weighted by Crippen LogP contribution is 2.35. The van der Waals surface area contributed by atoms with Gasteiger partial charge in [-0.05, 0) is 26.0 Å². The molecule has 0 unspecified atom stereocenters. The number of benzene rings is 1. The Morgan fingerprint density at radius 3 is 2.93 bits per heavy atom. The number of fused-ring (bicyclic) bond motifs is 1. The first kappa shape index (κ1) is 10.1. The molecule has 1 aliphatic rings. The van der Waals surface area contributed by atoms with Gasteiger partial charge in [-0.3, -0.25) is 0 Å². The van der Waals surface area contributed by atoms with Crippen LogP contribution in [0.4, 0.5) is 5.69 Å². The van der Waals surface area contributed by atoms with Crippen LogP contribution in [-0.4, -0.2) is 19.3 Å². The van der Waals surface area contributed by atoms with Gasteiger partial charge < -0.3 is 14.8 Å². The Hall–Kier alpha value is -1.38. The van der Waals surface area contributed by atoms with E-state index in [9.17, 15) is 0 Å². The van der Waals surface area contributed by atoms with Gasteiger partial charge in [-0.15, -0.1) is 0 Å². The Kier molecular flexibility index (Phi) is 2.47. The first-order chi connectivity index (χ1) is 7.11. The molecule has 82 valence electrons. The summed E-state index contributed by atoms with van der Waals surface area (Å²) in [6.45, 7) is 5.14. The van der Waals surface area contributed by atoms with Crippen molar-refractivity contribution >= 4 is 5.69 Å². The highest BCUT2D eigenvalue weighted by atomic mass is 16.5. The molecule has 0 spiro atoms. The van der Waals surface area contributed by atoms with Crippen molar-refractivity contribution in [3.05, 3.63) is 18.2 Å². The zero-order valence-corrected chi connectivity index (χ0v) is 9.46. The van der Waals surface area contributed by atoms with Crippen molar-refractivity contribution in [2.75, 3.05) is 19.0 Å². The Morgan fingerprint density at radius 1 is 1.40 bits per heavy atom. The van der Waals surface area contributed by atoms with Crippen LogP contribution in [-0.2, 0) is 0 Å². The third-order valence-corrected chi connectivity index (χ3v) is 2.62. The first-order valence-electron chi connectivity index (χ1n) is 5.22. The highest BCUT2D eigenvalue weighted by molar-refractivity contribution is 5.59. The number of hydrogen-bond acceptors (Lipinski definition) is 3. The molecule has 1 aromatic rings. The van der Waals surface area contributed by atoms with Crippen LogP contribution in [0.25, 0.3) is 0 Å². The van der Waals surface area contributed by atoms with E-state index in [4.69, 9.17) is 9.47 Å². The molecule has 15 heavy (non-hydrogen) atoms. The minimum absolute atomic E-state index is 0.120. The number of hydrogen-bond donors (Lipinski definition) is 1. The molecular weight excluding hydrogens is 190 g/mol. The second-order valence-corrected chi connectivity index (χ2v) is 4.40. The molecule has 0 saturated heterocycles. The lowest BCUT2D eigenvalue weighted by Gasteiger charge is -2.24. The van der Waals surface area contributed by atoms with Crippen LogP contribution < -0.4 is 14.8 Å². The lowest BCUT2D eigenvalue weighted by Crippen LogP contribution is -2.28. The predicted octanol–water partition coefficient (Wildman–Crippen LogP) is 2.67. The molecule has 0 saturated carbocycles. The molecule has 0 amide bonds. The summed E-state index contributed by atoms with van der Waals surface area (Å²) in [6.07, 6.45) is 0.990. The maximum Gasteiger partial charge on any atom is 0.146 e. The van der Waals surface area contributed by atoms with Crippen LogP contribution in [0, 0.1) is 0 Å². The van der Waals surface area contributed by atoms with E-state index in [1.54, 1.807) is 7.11 Å². The standard InChI is InChI=1S/C12H17NO2/c1-12(2)6-7-13-10-5-4-9(14-3)8-11(10)15-12/h4-5,8,13H,6-7H2,1-3H3. The second kappa shape index (κ2) is 3.65. The van der Waals surface area contributed by atoms with Gasteiger partial charge in [-0.1, -0.05) is 0 Å². The van der Waals surface area contributed by atoms with Gasteiger partial charge in [-0.25, -0.2) is 0 Å². The summed E-state index contributed by atoms with van der Waals surface area (Å²) < 4.78 is 11.1. The molecule has 0 radical (unpaired) electrons. The summed E-state index contributed by atoms with van der Waals surface area (Å²) in [5.41, 5.74) is 0.923. The number of rotatable bonds is 1. The minimum Gasteiger partial charge on any atom is -0.497 e. The normalized spacial score (nSPS) is 18.1. The molecule has 0 atom stereocenters. The van der Waals surface area contributed by atoms with Gasteiger partial charge >= 0.3 is 0 Å². The van der Waals surface area contributed by atoms with Gasteiger partial charge in [0.1, 0.15) is 17.1 Å². The molecule has 0 aromatic heterocycles. The van der Waals surface area contributed by atoms with Crippen molar-refractivity contribution in [2.45, 2.75) is 25.9 Å². The average molecular weight is 207 g/mol. The third kappa shape index (κ3) is 2.17. The van der Waals surface area contributed by atoms with E-state index in [0.29, 0.717) is 0 Å². The summed E-state index contributed by atoms with van der Waals surface area (Å²) in [5.74, 6) is 1.70. The largest absolute Gasteiger partial charge is 0.497 e. The second-order valence-electron chi connectivity index (χ2n) is 4.40. The lowest BCUT2D eigenvalue weighted by molar-refractivity contribution is 0.108. The van der Waals surface area contributed by atoms with Crippen molar-refractivity contribution in [3.63, 3.8) is 0 Å². The lowest BCUT2D eigenvalue weighted by atomic mass is 10.1. The van der Waals surface area contributed by atoms with Crippen LogP contribution in [0.3, 0.4) is 0 Å². The smallest absolute Gasteiger partial charge is 0.146 e. The van der Waals surface area contributed by atoms with Gasteiger partial charge in [0.2, 0.25) is 0 Å². The molecule has 1 aliphatic heterocycles. The van der Waals surface area contributed by atoms with E-state index in [-0.39, 0.29) is 5.60 Å². The summed E-state index contributed by atoms with van der Waals surface area (Å²) in [5, 5.41) is 3.35. The van der Waals surface area contributed by atoms with Crippen LogP contribution in [0.5, 0.6) is 11.5 Å². The van der Waals surface area contributed by atoms with Crippen molar-refractivity contribution in [1.82, 2.24) is 0 Å². The zero-order valence-electron chi connectivity index (χ0n) is 9.46. The van der Waals surface area contributed by atoms with E-state index >= 15 is 0 Å². The van der Waals surface area contributed by atoms with Crippen molar-refractivity contribution < 1.29 is 9.47 Å². The molecule has 0 aliphatic carbocycles. The predicted molar refractivity (Wildman–Crippen MR) is 60.8 cm³/mol. The molecular formula is C12H17NO2. The monoisotopic (exact) mass is 207 g/mol. The number of nitrogens with one attached hydrogen (secondary N) is 1. The van der Waals surface area contributed by atoms with E-state index in [1.807, 2.05) is 18.2 Å². The fourth-order valence-electron chi connectivity index (χ4n) is 1.71. The zero-order chi connectivity index (χ0) is 10.9. The van der Waals surface area contributed by atoms with E-state index in [1.165, 1.54) is 0 Å². The summed E-state index contributed by atoms with van der Waals surface area (Å²) in [4.78, 5) is 0. The maximum absolute atomic E-state index is 5.94. The Balaban J connectivity index is 2.36. The number of ether oxygens (including phenoxy) is 2. The van der Waals surface area contributed by atoms with Crippen LogP contribution >= 0.6 is 0 Å². The molecule has 0 bridgehead atoms. The van der Waals surface area contributed by atoms with Gasteiger partial charge in [0.25, 0.3) is 0 Å². The van der Waals surface area contributed by atoms with Crippen LogP contribution in [0.2, 0.25) is 0 Å². The fraction of sp³-hybridized carbons (Fsp3) is 0.500. The van der Waals surface area contributed by atoms with Gasteiger partial charge in [0, 0.05) is 19.0 Å². The molecule has 1 N–H and O–H groups in total. The number of anilines is 1. The van der Waals surface area contributed by atoms with Gasteiger partial charge in [-0.2, -0.15) is 0 Å². The van der Waals surface area contributed by atoms with Crippen molar-refractivity contribution in [3.8, 4) is 11.5 Å². The topological polar surface area (TPSA) is 30.5 Å². The third-order valence-electron chi connectivity index (χ3n) is 2.62. The van der Waals surface area contributed by atoms with Gasteiger partial charge in [0.15, 0.2) is 0 Å². The Morgan fingerprint density at radius 2 is 2.20 bits per heavy atom. The molecule has 1 heterocycles. The van der Waals surface area contributed by atoms with Crippen molar-refractivity contribution in [2.24, 2.45) is 0 Å². The fourth-order valence-corrected chi connectivity index (χ4v) is 1.71. The summed E-state index contributed by atoms with van der Waals surface area (Å²) in [7, 11) is 1.66. The molecule has 3 nitrogen and oxygen atoms in total. The quantitative estimate of drug-likeness (QED) is 0.768. The van der Waals surface area contributed by atoms with Crippen LogP contribution in [0.1, 0.15) is 20.3 Å². The summed E-state index contributed by atoms with van der Waals surface area (Å²) in [6, 6.07) is 5.86. The average Bonchev–Trinajstić information content (AvgIpc) is 2.33. The highest BCUT2D eigenvalue weighted by Gasteiger charge is 2.24. The SMILES string of the molecule is COc1ccc2c(c1)OC(C)(C)CCN2. The molecule has 0 fully saturated rings. The van der Waals surface area contributed by atoms with Crippen molar-refractivity contribution in [1.29, 1.82) is 0 Å². The van der Waals surface area contributed by atoms with Gasteiger partial charge in [0.05, 0.1) is 12.8 Å². The van der Waals surface area contributed by atoms with E-state index in [2.05, 4.69) is 19.2 Å². The minimum atomic E-state index is -0.120. The Labute approximate surface area is 90.4 Å². The van der Waals surface area contributed by atoms with E-state index in [0.717, 1.165) is 30.2 Å². The molecule has 3 heteroatoms. The Bertz CT molecular complexity index is 361. The summed E-state index contributed by atoms with van der Waals surface area (Å²) >= 11 is 0. The van der Waals surface area contributed by atoms with Crippen LogP contribution in [0.15, 0.2) is 18.2 Å². The molecule has 1 aromatic carbocycles. The number of methoxy groups -OCH3 is 1. The molecule has 2 rings (SSSR count). The maximum atomic E-state index is 5.94.